The molecule has 3 heterocycles. The van der Waals surface area contributed by atoms with Crippen molar-refractivity contribution in [3.63, 3.8) is 0 Å². The van der Waals surface area contributed by atoms with E-state index < -0.39 is 0 Å². The van der Waals surface area contributed by atoms with Crippen LogP contribution in [0.5, 0.6) is 0 Å². The molecule has 3 aromatic heterocycles. The van der Waals surface area contributed by atoms with E-state index >= 15 is 0 Å². The Bertz CT molecular complexity index is 1220. The van der Waals surface area contributed by atoms with E-state index in [2.05, 4.69) is 32.5 Å². The summed E-state index contributed by atoms with van der Waals surface area (Å²) < 4.78 is 3.75. The van der Waals surface area contributed by atoms with Gasteiger partial charge in [-0.3, -0.25) is 14.1 Å². The zero-order valence-corrected chi connectivity index (χ0v) is 18.9. The molecule has 32 heavy (non-hydrogen) atoms. The van der Waals surface area contributed by atoms with Gasteiger partial charge in [0.2, 0.25) is 5.82 Å². The molecule has 0 saturated heterocycles. The van der Waals surface area contributed by atoms with Crippen LogP contribution in [0.4, 0.5) is 0 Å². The Balaban J connectivity index is 1.63. The lowest BCUT2D eigenvalue weighted by molar-refractivity contribution is 0.631. The van der Waals surface area contributed by atoms with Crippen LogP contribution in [-0.4, -0.2) is 34.7 Å². The smallest absolute Gasteiger partial charge is 0.297 e. The zero-order chi connectivity index (χ0) is 22.5. The van der Waals surface area contributed by atoms with Gasteiger partial charge in [-0.05, 0) is 43.5 Å². The Hall–Kier alpha value is -3.55. The molecule has 0 aliphatic rings. The topological polar surface area (TPSA) is 94.3 Å². The molecule has 0 aliphatic heterocycles. The molecule has 8 heteroatoms. The Morgan fingerprint density at radius 1 is 1.00 bits per heavy atom. The Morgan fingerprint density at radius 2 is 1.81 bits per heavy atom. The van der Waals surface area contributed by atoms with Crippen LogP contribution in [0, 0.1) is 6.92 Å². The number of aromatic amines is 1. The Labute approximate surface area is 187 Å². The number of benzene rings is 1. The highest BCUT2D eigenvalue weighted by Crippen LogP contribution is 2.29. The molecule has 0 spiro atoms. The third-order valence-corrected chi connectivity index (χ3v) is 5.91. The quantitative estimate of drug-likeness (QED) is 0.404. The first kappa shape index (κ1) is 21.7. The van der Waals surface area contributed by atoms with Crippen LogP contribution in [0.15, 0.2) is 47.4 Å². The van der Waals surface area contributed by atoms with Crippen molar-refractivity contribution in [1.29, 1.82) is 0 Å². The first-order valence-corrected chi connectivity index (χ1v) is 11.2. The van der Waals surface area contributed by atoms with E-state index in [-0.39, 0.29) is 5.69 Å². The third-order valence-electron chi connectivity index (χ3n) is 5.91. The minimum atomic E-state index is 0.0461. The van der Waals surface area contributed by atoms with Gasteiger partial charge in [0.05, 0.1) is 12.2 Å². The van der Waals surface area contributed by atoms with Crippen molar-refractivity contribution in [2.24, 2.45) is 0 Å². The van der Waals surface area contributed by atoms with Crippen molar-refractivity contribution in [3.05, 3.63) is 70.2 Å². The largest absolute Gasteiger partial charge is 0.328 e. The van der Waals surface area contributed by atoms with Gasteiger partial charge < -0.3 is 0 Å². The number of rotatable bonds is 9. The predicted molar refractivity (Wildman–Crippen MR) is 124 cm³/mol. The van der Waals surface area contributed by atoms with Crippen molar-refractivity contribution in [2.75, 3.05) is 0 Å². The molecule has 4 rings (SSSR count). The van der Waals surface area contributed by atoms with Gasteiger partial charge in [0, 0.05) is 35.3 Å². The molecular formula is C24H29N7O. The number of hydrogen-bond donors (Lipinski definition) is 1. The van der Waals surface area contributed by atoms with Crippen LogP contribution >= 0.6 is 0 Å². The highest BCUT2D eigenvalue weighted by molar-refractivity contribution is 5.79. The summed E-state index contributed by atoms with van der Waals surface area (Å²) in [6.07, 6.45) is 6.17. The van der Waals surface area contributed by atoms with E-state index in [1.165, 1.54) is 0 Å². The summed E-state index contributed by atoms with van der Waals surface area (Å²) in [6, 6.07) is 11.9. The first-order chi connectivity index (χ1) is 15.6. The summed E-state index contributed by atoms with van der Waals surface area (Å²) in [5.74, 6) is 0.546. The third kappa shape index (κ3) is 4.26. The fraction of sp³-hybridized carbons (Fsp3) is 0.375. The lowest BCUT2D eigenvalue weighted by Gasteiger charge is -2.10. The molecular weight excluding hydrogens is 402 g/mol. The van der Waals surface area contributed by atoms with Crippen molar-refractivity contribution >= 4 is 0 Å². The molecule has 0 bridgehead atoms. The van der Waals surface area contributed by atoms with Crippen molar-refractivity contribution < 1.29 is 0 Å². The van der Waals surface area contributed by atoms with Crippen LogP contribution in [0.25, 0.3) is 22.5 Å². The molecule has 0 atom stereocenters. The number of nitrogens with zero attached hydrogens (tertiary/aromatic N) is 6. The van der Waals surface area contributed by atoms with E-state index in [1.54, 1.807) is 0 Å². The standard InChI is InChI=1S/C24H29N7O/c1-4-6-7-12-22-17(3)30(5-2)24(32)31(22)16-19-14-13-18(15-25-19)20-10-8-9-11-21(20)23-26-28-29-27-23/h8-11,13-15H,4-7,12,16H2,1-3H3,(H,26,27,28,29). The van der Waals surface area contributed by atoms with Crippen LogP contribution < -0.4 is 5.69 Å². The number of tetrazole rings is 1. The number of hydrogen-bond acceptors (Lipinski definition) is 5. The van der Waals surface area contributed by atoms with Gasteiger partial charge >= 0.3 is 5.69 Å². The highest BCUT2D eigenvalue weighted by atomic mass is 16.1. The van der Waals surface area contributed by atoms with Gasteiger partial charge in [0.15, 0.2) is 0 Å². The van der Waals surface area contributed by atoms with E-state index in [0.29, 0.717) is 18.9 Å². The predicted octanol–water partition coefficient (Wildman–Crippen LogP) is 4.00. The number of nitrogens with one attached hydrogen (secondary N) is 1. The molecule has 0 aliphatic carbocycles. The van der Waals surface area contributed by atoms with Crippen LogP contribution in [0.3, 0.4) is 0 Å². The molecule has 0 saturated carbocycles. The van der Waals surface area contributed by atoms with E-state index in [4.69, 9.17) is 0 Å². The Kier molecular flexibility index (Phi) is 6.58. The molecule has 1 N–H and O–H groups in total. The zero-order valence-electron chi connectivity index (χ0n) is 18.9. The minimum Gasteiger partial charge on any atom is -0.297 e. The molecule has 1 aromatic carbocycles. The van der Waals surface area contributed by atoms with Gasteiger partial charge in [0.25, 0.3) is 0 Å². The maximum absolute atomic E-state index is 13.0. The summed E-state index contributed by atoms with van der Waals surface area (Å²) in [4.78, 5) is 17.7. The highest BCUT2D eigenvalue weighted by Gasteiger charge is 2.17. The maximum Gasteiger partial charge on any atom is 0.328 e. The summed E-state index contributed by atoms with van der Waals surface area (Å²) in [5, 5.41) is 14.4. The minimum absolute atomic E-state index is 0.0461. The van der Waals surface area contributed by atoms with E-state index in [9.17, 15) is 4.79 Å². The monoisotopic (exact) mass is 431 g/mol. The summed E-state index contributed by atoms with van der Waals surface area (Å²) in [7, 11) is 0. The normalized spacial score (nSPS) is 11.2. The Morgan fingerprint density at radius 3 is 2.47 bits per heavy atom. The number of H-pyrrole nitrogens is 1. The van der Waals surface area contributed by atoms with E-state index in [0.717, 1.165) is 59.5 Å². The average molecular weight is 432 g/mol. The molecule has 4 aromatic rings. The van der Waals surface area contributed by atoms with E-state index in [1.807, 2.05) is 65.6 Å². The van der Waals surface area contributed by atoms with Crippen molar-refractivity contribution in [2.45, 2.75) is 59.5 Å². The van der Waals surface area contributed by atoms with Crippen molar-refractivity contribution in [3.8, 4) is 22.5 Å². The molecule has 8 nitrogen and oxygen atoms in total. The summed E-state index contributed by atoms with van der Waals surface area (Å²) >= 11 is 0. The second-order valence-electron chi connectivity index (χ2n) is 7.92. The second-order valence-corrected chi connectivity index (χ2v) is 7.92. The number of unbranched alkanes of at least 4 members (excludes halogenated alkanes) is 2. The van der Waals surface area contributed by atoms with Crippen LogP contribution in [-0.2, 0) is 19.5 Å². The molecule has 0 fully saturated rings. The molecule has 0 unspecified atom stereocenters. The molecule has 0 amide bonds. The van der Waals surface area contributed by atoms with Gasteiger partial charge in [-0.15, -0.1) is 10.2 Å². The summed E-state index contributed by atoms with van der Waals surface area (Å²) in [5.41, 5.74) is 5.94. The SMILES string of the molecule is CCCCCc1c(C)n(CC)c(=O)n1Cc1ccc(-c2ccccc2-c2nn[nH]n2)cn1. The van der Waals surface area contributed by atoms with Gasteiger partial charge in [-0.2, -0.15) is 5.21 Å². The van der Waals surface area contributed by atoms with Crippen LogP contribution in [0.1, 0.15) is 50.2 Å². The van der Waals surface area contributed by atoms with Crippen LogP contribution in [0.2, 0.25) is 0 Å². The lowest BCUT2D eigenvalue weighted by atomic mass is 10.0. The molecule has 166 valence electrons. The fourth-order valence-electron chi connectivity index (χ4n) is 4.19. The fourth-order valence-corrected chi connectivity index (χ4v) is 4.19. The lowest BCUT2D eigenvalue weighted by Crippen LogP contribution is -2.25. The first-order valence-electron chi connectivity index (χ1n) is 11.2. The maximum atomic E-state index is 13.0. The summed E-state index contributed by atoms with van der Waals surface area (Å²) in [6.45, 7) is 7.41. The van der Waals surface area contributed by atoms with Gasteiger partial charge in [0.1, 0.15) is 0 Å². The second kappa shape index (κ2) is 9.72. The van der Waals surface area contributed by atoms with Crippen molar-refractivity contribution in [1.82, 2.24) is 34.7 Å². The number of aromatic nitrogens is 7. The van der Waals surface area contributed by atoms with Gasteiger partial charge in [-0.25, -0.2) is 4.79 Å². The molecule has 0 radical (unpaired) electrons. The number of imidazole rings is 1. The number of pyridine rings is 1. The van der Waals surface area contributed by atoms with Gasteiger partial charge in [-0.1, -0.05) is 50.1 Å². The average Bonchev–Trinajstić information content (AvgIpc) is 3.43.